The topological polar surface area (TPSA) is 12.0 Å². The summed E-state index contributed by atoms with van der Waals surface area (Å²) in [6, 6.07) is 2.23. The van der Waals surface area contributed by atoms with E-state index in [0.29, 0.717) is 6.42 Å². The van der Waals surface area contributed by atoms with E-state index in [-0.39, 0.29) is 11.6 Å². The summed E-state index contributed by atoms with van der Waals surface area (Å²) in [7, 11) is 1.65. The monoisotopic (exact) mass is 305 g/mol. The van der Waals surface area contributed by atoms with Crippen molar-refractivity contribution in [2.45, 2.75) is 57.7 Å². The molecule has 0 aliphatic heterocycles. The van der Waals surface area contributed by atoms with Crippen LogP contribution in [0, 0.1) is 5.82 Å². The average Bonchev–Trinajstić information content (AvgIpc) is 2.43. The standard InChI is InChI=1S/C16H23F4N/c1-3-4-5-6-7-8-15(21-2)13-11-12(16(18,19)20)9-10-14(13)17/h9-11,15,21H,3-8H2,1-2H3. The molecule has 0 heterocycles. The summed E-state index contributed by atoms with van der Waals surface area (Å²) in [5.41, 5.74) is -0.701. The van der Waals surface area contributed by atoms with Crippen LogP contribution in [0.2, 0.25) is 0 Å². The van der Waals surface area contributed by atoms with E-state index in [1.165, 1.54) is 0 Å². The van der Waals surface area contributed by atoms with Crippen LogP contribution in [-0.2, 0) is 6.18 Å². The highest BCUT2D eigenvalue weighted by Gasteiger charge is 2.31. The third-order valence-electron chi connectivity index (χ3n) is 3.64. The summed E-state index contributed by atoms with van der Waals surface area (Å²) >= 11 is 0. The number of nitrogens with one attached hydrogen (secondary N) is 1. The fraction of sp³-hybridized carbons (Fsp3) is 0.625. The Bertz CT molecular complexity index is 429. The quantitative estimate of drug-likeness (QED) is 0.496. The van der Waals surface area contributed by atoms with Crippen molar-refractivity contribution in [1.29, 1.82) is 0 Å². The number of alkyl halides is 3. The van der Waals surface area contributed by atoms with Crippen molar-refractivity contribution < 1.29 is 17.6 Å². The first-order valence-corrected chi connectivity index (χ1v) is 7.44. The van der Waals surface area contributed by atoms with Gasteiger partial charge in [-0.25, -0.2) is 4.39 Å². The van der Waals surface area contributed by atoms with Crippen molar-refractivity contribution in [2.24, 2.45) is 0 Å². The SMILES string of the molecule is CCCCCCCC(NC)c1cc(C(F)(F)F)ccc1F. The molecule has 0 saturated heterocycles. The van der Waals surface area contributed by atoms with Gasteiger partial charge in [0.25, 0.3) is 0 Å². The highest BCUT2D eigenvalue weighted by atomic mass is 19.4. The molecular formula is C16H23F4N. The van der Waals surface area contributed by atoms with Crippen molar-refractivity contribution >= 4 is 0 Å². The first-order chi connectivity index (χ1) is 9.90. The lowest BCUT2D eigenvalue weighted by atomic mass is 9.97. The Morgan fingerprint density at radius 1 is 1.10 bits per heavy atom. The minimum absolute atomic E-state index is 0.0998. The maximum Gasteiger partial charge on any atom is 0.416 e. The molecule has 1 atom stereocenters. The highest BCUT2D eigenvalue weighted by molar-refractivity contribution is 5.29. The highest BCUT2D eigenvalue weighted by Crippen LogP contribution is 2.32. The number of benzene rings is 1. The molecule has 0 bridgehead atoms. The Balaban J connectivity index is 2.75. The number of hydrogen-bond acceptors (Lipinski definition) is 1. The Morgan fingerprint density at radius 3 is 2.33 bits per heavy atom. The molecule has 0 fully saturated rings. The van der Waals surface area contributed by atoms with Crippen molar-refractivity contribution in [2.75, 3.05) is 7.05 Å². The minimum Gasteiger partial charge on any atom is -0.313 e. The molecule has 1 nitrogen and oxygen atoms in total. The van der Waals surface area contributed by atoms with E-state index < -0.39 is 17.6 Å². The fourth-order valence-corrected chi connectivity index (χ4v) is 2.39. The predicted octanol–water partition coefficient (Wildman–Crippen LogP) is 5.47. The first-order valence-electron chi connectivity index (χ1n) is 7.44. The van der Waals surface area contributed by atoms with Crippen LogP contribution < -0.4 is 5.32 Å². The Morgan fingerprint density at radius 2 is 1.76 bits per heavy atom. The molecule has 1 unspecified atom stereocenters. The molecule has 21 heavy (non-hydrogen) atoms. The van der Waals surface area contributed by atoms with Gasteiger partial charge in [-0.15, -0.1) is 0 Å². The number of rotatable bonds is 8. The summed E-state index contributed by atoms with van der Waals surface area (Å²) in [4.78, 5) is 0. The summed E-state index contributed by atoms with van der Waals surface area (Å²) < 4.78 is 52.0. The molecule has 120 valence electrons. The van der Waals surface area contributed by atoms with Gasteiger partial charge in [-0.1, -0.05) is 39.0 Å². The molecule has 0 spiro atoms. The zero-order valence-corrected chi connectivity index (χ0v) is 12.6. The van der Waals surface area contributed by atoms with E-state index in [0.717, 1.165) is 50.3 Å². The molecular weight excluding hydrogens is 282 g/mol. The fourth-order valence-electron chi connectivity index (χ4n) is 2.39. The average molecular weight is 305 g/mol. The largest absolute Gasteiger partial charge is 0.416 e. The Labute approximate surface area is 123 Å². The van der Waals surface area contributed by atoms with Crippen LogP contribution >= 0.6 is 0 Å². The van der Waals surface area contributed by atoms with Gasteiger partial charge in [-0.2, -0.15) is 13.2 Å². The van der Waals surface area contributed by atoms with E-state index in [9.17, 15) is 17.6 Å². The maximum atomic E-state index is 13.8. The molecule has 1 N–H and O–H groups in total. The molecule has 1 rings (SSSR count). The van der Waals surface area contributed by atoms with Gasteiger partial charge in [-0.05, 0) is 31.7 Å². The summed E-state index contributed by atoms with van der Waals surface area (Å²) in [5, 5.41) is 2.92. The molecule has 0 amide bonds. The van der Waals surface area contributed by atoms with Crippen molar-refractivity contribution in [3.8, 4) is 0 Å². The molecule has 0 saturated carbocycles. The second kappa shape index (κ2) is 8.37. The van der Waals surface area contributed by atoms with Crippen LogP contribution in [0.3, 0.4) is 0 Å². The molecule has 0 radical (unpaired) electrons. The zero-order chi connectivity index (χ0) is 15.9. The van der Waals surface area contributed by atoms with E-state index in [2.05, 4.69) is 12.2 Å². The van der Waals surface area contributed by atoms with Gasteiger partial charge in [0, 0.05) is 11.6 Å². The van der Waals surface area contributed by atoms with Gasteiger partial charge < -0.3 is 5.32 Å². The number of hydrogen-bond donors (Lipinski definition) is 1. The van der Waals surface area contributed by atoms with E-state index in [4.69, 9.17) is 0 Å². The zero-order valence-electron chi connectivity index (χ0n) is 12.6. The van der Waals surface area contributed by atoms with Crippen molar-refractivity contribution in [1.82, 2.24) is 5.32 Å². The smallest absolute Gasteiger partial charge is 0.313 e. The van der Waals surface area contributed by atoms with Gasteiger partial charge in [0.1, 0.15) is 5.82 Å². The van der Waals surface area contributed by atoms with Gasteiger partial charge in [0.05, 0.1) is 5.56 Å². The first kappa shape index (κ1) is 18.0. The van der Waals surface area contributed by atoms with Gasteiger partial charge in [-0.3, -0.25) is 0 Å². The lowest BCUT2D eigenvalue weighted by Gasteiger charge is -2.19. The van der Waals surface area contributed by atoms with Gasteiger partial charge in [0.2, 0.25) is 0 Å². The van der Waals surface area contributed by atoms with E-state index in [1.54, 1.807) is 7.05 Å². The number of halogens is 4. The molecule has 5 heteroatoms. The molecule has 0 aliphatic carbocycles. The van der Waals surface area contributed by atoms with E-state index in [1.807, 2.05) is 0 Å². The second-order valence-corrected chi connectivity index (χ2v) is 5.28. The summed E-state index contributed by atoms with van der Waals surface area (Å²) in [6.07, 6.45) is 1.49. The maximum absolute atomic E-state index is 13.8. The Kier molecular flexibility index (Phi) is 7.15. The van der Waals surface area contributed by atoms with Crippen LogP contribution in [0.5, 0.6) is 0 Å². The van der Waals surface area contributed by atoms with Crippen molar-refractivity contribution in [3.05, 3.63) is 35.1 Å². The lowest BCUT2D eigenvalue weighted by molar-refractivity contribution is -0.137. The summed E-state index contributed by atoms with van der Waals surface area (Å²) in [5.74, 6) is -0.587. The van der Waals surface area contributed by atoms with Crippen LogP contribution in [0.15, 0.2) is 18.2 Å². The third-order valence-corrected chi connectivity index (χ3v) is 3.64. The van der Waals surface area contributed by atoms with Crippen LogP contribution in [0.1, 0.15) is 62.6 Å². The predicted molar refractivity (Wildman–Crippen MR) is 76.6 cm³/mol. The van der Waals surface area contributed by atoms with Crippen LogP contribution in [0.4, 0.5) is 17.6 Å². The second-order valence-electron chi connectivity index (χ2n) is 5.28. The lowest BCUT2D eigenvalue weighted by Crippen LogP contribution is -2.19. The molecule has 1 aromatic rings. The summed E-state index contributed by atoms with van der Waals surface area (Å²) in [6.45, 7) is 2.12. The Hall–Kier alpha value is -1.10. The van der Waals surface area contributed by atoms with Crippen LogP contribution in [-0.4, -0.2) is 7.05 Å². The molecule has 0 aromatic heterocycles. The van der Waals surface area contributed by atoms with Crippen molar-refractivity contribution in [3.63, 3.8) is 0 Å². The number of unbranched alkanes of at least 4 members (excludes halogenated alkanes) is 4. The molecule has 1 aromatic carbocycles. The van der Waals surface area contributed by atoms with E-state index >= 15 is 0 Å². The van der Waals surface area contributed by atoms with Crippen LogP contribution in [0.25, 0.3) is 0 Å². The van der Waals surface area contributed by atoms with Gasteiger partial charge in [0.15, 0.2) is 0 Å². The normalized spacial score (nSPS) is 13.4. The van der Waals surface area contributed by atoms with Gasteiger partial charge >= 0.3 is 6.18 Å². The minimum atomic E-state index is -4.44. The molecule has 0 aliphatic rings. The third kappa shape index (κ3) is 5.65.